The first kappa shape index (κ1) is 13.1. The van der Waals surface area contributed by atoms with Crippen LogP contribution in [-0.2, 0) is 4.74 Å². The molecule has 0 aliphatic carbocycles. The monoisotopic (exact) mass is 260 g/mol. The van der Waals surface area contributed by atoms with Crippen LogP contribution in [0, 0.1) is 0 Å². The first-order valence-corrected chi connectivity index (χ1v) is 6.12. The van der Waals surface area contributed by atoms with Gasteiger partial charge in [-0.2, -0.15) is 0 Å². The molecule has 0 amide bonds. The van der Waals surface area contributed by atoms with Crippen molar-refractivity contribution in [1.82, 2.24) is 9.55 Å². The van der Waals surface area contributed by atoms with Crippen molar-refractivity contribution in [3.05, 3.63) is 48.0 Å². The summed E-state index contributed by atoms with van der Waals surface area (Å²) in [7, 11) is 0. The summed E-state index contributed by atoms with van der Waals surface area (Å²) in [4.78, 5) is 15.8. The van der Waals surface area contributed by atoms with E-state index in [0.29, 0.717) is 12.3 Å². The fourth-order valence-electron chi connectivity index (χ4n) is 1.97. The molecule has 1 aromatic carbocycles. The second kappa shape index (κ2) is 5.56. The van der Waals surface area contributed by atoms with Gasteiger partial charge in [0.15, 0.2) is 0 Å². The number of para-hydroxylation sites is 1. The van der Waals surface area contributed by atoms with Gasteiger partial charge in [-0.15, -0.1) is 0 Å². The Morgan fingerprint density at radius 1 is 1.47 bits per heavy atom. The van der Waals surface area contributed by atoms with Gasteiger partial charge in [-0.1, -0.05) is 18.2 Å². The van der Waals surface area contributed by atoms with Crippen molar-refractivity contribution in [3.8, 4) is 5.75 Å². The average molecular weight is 260 g/mol. The summed E-state index contributed by atoms with van der Waals surface area (Å²) in [6.45, 7) is 3.96. The quantitative estimate of drug-likeness (QED) is 0.857. The van der Waals surface area contributed by atoms with E-state index in [4.69, 9.17) is 4.74 Å². The lowest BCUT2D eigenvalue weighted by molar-refractivity contribution is 0.0512. The fraction of sp³-hybridized carbons (Fsp3) is 0.286. The van der Waals surface area contributed by atoms with Gasteiger partial charge in [-0.25, -0.2) is 9.78 Å². The summed E-state index contributed by atoms with van der Waals surface area (Å²) in [6.07, 6.45) is 3.03. The predicted octanol–water partition coefficient (Wildman–Crippen LogP) is 2.37. The average Bonchev–Trinajstić information content (AvgIpc) is 2.88. The maximum absolute atomic E-state index is 11.8. The van der Waals surface area contributed by atoms with Crippen molar-refractivity contribution in [3.63, 3.8) is 0 Å². The minimum absolute atomic E-state index is 0.193. The molecule has 5 heteroatoms. The van der Waals surface area contributed by atoms with Crippen LogP contribution in [0.4, 0.5) is 0 Å². The molecule has 0 aliphatic heterocycles. The topological polar surface area (TPSA) is 64.3 Å². The minimum atomic E-state index is -0.415. The van der Waals surface area contributed by atoms with E-state index >= 15 is 0 Å². The summed E-state index contributed by atoms with van der Waals surface area (Å²) in [5.41, 5.74) is 1.10. The Kier molecular flexibility index (Phi) is 3.85. The van der Waals surface area contributed by atoms with Crippen LogP contribution in [0.25, 0.3) is 0 Å². The summed E-state index contributed by atoms with van der Waals surface area (Å²) >= 11 is 0. The first-order chi connectivity index (χ1) is 9.15. The molecule has 0 fully saturated rings. The van der Waals surface area contributed by atoms with Gasteiger partial charge in [-0.05, 0) is 19.9 Å². The number of rotatable bonds is 4. The second-order valence-electron chi connectivity index (χ2n) is 4.14. The van der Waals surface area contributed by atoms with Crippen molar-refractivity contribution < 1.29 is 14.6 Å². The molecule has 0 aliphatic rings. The molecule has 19 heavy (non-hydrogen) atoms. The van der Waals surface area contributed by atoms with Crippen LogP contribution in [0.15, 0.2) is 36.8 Å². The Morgan fingerprint density at radius 2 is 2.21 bits per heavy atom. The third kappa shape index (κ3) is 2.59. The number of aromatic hydroxyl groups is 1. The summed E-state index contributed by atoms with van der Waals surface area (Å²) in [6, 6.07) is 6.82. The first-order valence-electron chi connectivity index (χ1n) is 6.12. The van der Waals surface area contributed by atoms with Gasteiger partial charge >= 0.3 is 5.97 Å². The molecule has 0 bridgehead atoms. The summed E-state index contributed by atoms with van der Waals surface area (Å²) in [5, 5.41) is 9.86. The van der Waals surface area contributed by atoms with E-state index in [0.717, 1.165) is 5.56 Å². The standard InChI is InChI=1S/C14H16N2O3/c1-3-19-14(18)12-8-15-9-16(12)10(2)11-6-4-5-7-13(11)17/h4-10,17H,3H2,1-2H3. The number of ether oxygens (including phenoxy) is 1. The van der Waals surface area contributed by atoms with E-state index in [1.54, 1.807) is 30.0 Å². The molecule has 1 atom stereocenters. The second-order valence-corrected chi connectivity index (χ2v) is 4.14. The number of aromatic nitrogens is 2. The SMILES string of the molecule is CCOC(=O)c1cncn1C(C)c1ccccc1O. The number of hydrogen-bond donors (Lipinski definition) is 1. The van der Waals surface area contributed by atoms with E-state index in [9.17, 15) is 9.90 Å². The number of esters is 1. The van der Waals surface area contributed by atoms with Crippen LogP contribution in [0.1, 0.15) is 35.9 Å². The highest BCUT2D eigenvalue weighted by atomic mass is 16.5. The molecule has 1 heterocycles. The van der Waals surface area contributed by atoms with Crippen LogP contribution in [0.2, 0.25) is 0 Å². The van der Waals surface area contributed by atoms with E-state index in [2.05, 4.69) is 4.98 Å². The zero-order chi connectivity index (χ0) is 13.8. The zero-order valence-corrected chi connectivity index (χ0v) is 10.9. The molecule has 0 saturated carbocycles. The molecular formula is C14H16N2O3. The maximum Gasteiger partial charge on any atom is 0.356 e. The molecule has 1 aromatic heterocycles. The van der Waals surface area contributed by atoms with Crippen molar-refractivity contribution in [2.75, 3.05) is 6.61 Å². The van der Waals surface area contributed by atoms with E-state index in [1.807, 2.05) is 19.1 Å². The number of nitrogens with zero attached hydrogens (tertiary/aromatic N) is 2. The molecule has 0 radical (unpaired) electrons. The summed E-state index contributed by atoms with van der Waals surface area (Å²) in [5.74, 6) is -0.222. The van der Waals surface area contributed by atoms with Crippen LogP contribution in [0.5, 0.6) is 5.75 Å². The van der Waals surface area contributed by atoms with Gasteiger partial charge in [0, 0.05) is 5.56 Å². The van der Waals surface area contributed by atoms with E-state index in [-0.39, 0.29) is 11.8 Å². The minimum Gasteiger partial charge on any atom is -0.508 e. The lowest BCUT2D eigenvalue weighted by Gasteiger charge is -2.17. The molecule has 1 unspecified atom stereocenters. The highest BCUT2D eigenvalue weighted by molar-refractivity contribution is 5.87. The lowest BCUT2D eigenvalue weighted by Crippen LogP contribution is -2.15. The Labute approximate surface area is 111 Å². The smallest absolute Gasteiger partial charge is 0.356 e. The number of carbonyl (C=O) groups is 1. The van der Waals surface area contributed by atoms with Crippen molar-refractivity contribution in [2.24, 2.45) is 0 Å². The highest BCUT2D eigenvalue weighted by Gasteiger charge is 2.19. The van der Waals surface area contributed by atoms with Gasteiger partial charge in [-0.3, -0.25) is 0 Å². The molecule has 100 valence electrons. The van der Waals surface area contributed by atoms with Crippen LogP contribution in [0.3, 0.4) is 0 Å². The van der Waals surface area contributed by atoms with Gasteiger partial charge < -0.3 is 14.4 Å². The Morgan fingerprint density at radius 3 is 2.89 bits per heavy atom. The van der Waals surface area contributed by atoms with Crippen molar-refractivity contribution >= 4 is 5.97 Å². The molecule has 0 spiro atoms. The number of phenols is 1. The summed E-state index contributed by atoms with van der Waals surface area (Å²) < 4.78 is 6.67. The van der Waals surface area contributed by atoms with Gasteiger partial charge in [0.25, 0.3) is 0 Å². The van der Waals surface area contributed by atoms with Gasteiger partial charge in [0.2, 0.25) is 0 Å². The Hall–Kier alpha value is -2.30. The number of phenolic OH excluding ortho intramolecular Hbond substituents is 1. The van der Waals surface area contributed by atoms with Crippen molar-refractivity contribution in [2.45, 2.75) is 19.9 Å². The normalized spacial score (nSPS) is 12.1. The third-order valence-electron chi connectivity index (χ3n) is 2.95. The van der Waals surface area contributed by atoms with Crippen LogP contribution >= 0.6 is 0 Å². The number of benzene rings is 1. The number of hydrogen-bond acceptors (Lipinski definition) is 4. The van der Waals surface area contributed by atoms with E-state index in [1.165, 1.54) is 6.20 Å². The van der Waals surface area contributed by atoms with Gasteiger partial charge in [0.05, 0.1) is 25.2 Å². The van der Waals surface area contributed by atoms with Gasteiger partial charge in [0.1, 0.15) is 11.4 Å². The van der Waals surface area contributed by atoms with Crippen molar-refractivity contribution in [1.29, 1.82) is 0 Å². The molecule has 5 nitrogen and oxygen atoms in total. The Bertz CT molecular complexity index is 578. The van der Waals surface area contributed by atoms with Crippen LogP contribution < -0.4 is 0 Å². The highest BCUT2D eigenvalue weighted by Crippen LogP contribution is 2.27. The molecule has 2 aromatic rings. The third-order valence-corrected chi connectivity index (χ3v) is 2.95. The zero-order valence-electron chi connectivity index (χ0n) is 10.9. The number of carbonyl (C=O) groups excluding carboxylic acids is 1. The molecular weight excluding hydrogens is 244 g/mol. The van der Waals surface area contributed by atoms with E-state index < -0.39 is 5.97 Å². The largest absolute Gasteiger partial charge is 0.508 e. The molecule has 0 saturated heterocycles. The molecule has 1 N–H and O–H groups in total. The lowest BCUT2D eigenvalue weighted by atomic mass is 10.1. The number of imidazole rings is 1. The molecule has 2 rings (SSSR count). The van der Waals surface area contributed by atoms with Crippen LogP contribution in [-0.4, -0.2) is 27.2 Å². The maximum atomic E-state index is 11.8. The predicted molar refractivity (Wildman–Crippen MR) is 70.1 cm³/mol. The fourth-order valence-corrected chi connectivity index (χ4v) is 1.97. The Balaban J connectivity index is 2.35.